The maximum atomic E-state index is 6.24. The van der Waals surface area contributed by atoms with Gasteiger partial charge in [0.25, 0.3) is 0 Å². The molecule has 1 atom stereocenters. The molecule has 0 spiro atoms. The zero-order valence-electron chi connectivity index (χ0n) is 11.8. The number of aromatic nitrogens is 2. The number of hydrogen-bond donors (Lipinski definition) is 1. The molecule has 20 heavy (non-hydrogen) atoms. The van der Waals surface area contributed by atoms with E-state index in [2.05, 4.69) is 16.9 Å². The molecule has 0 radical (unpaired) electrons. The molecule has 0 aliphatic carbocycles. The molecule has 1 aromatic heterocycles. The van der Waals surface area contributed by atoms with E-state index >= 15 is 0 Å². The van der Waals surface area contributed by atoms with E-state index in [4.69, 9.17) is 17.3 Å². The van der Waals surface area contributed by atoms with Crippen molar-refractivity contribution < 1.29 is 0 Å². The van der Waals surface area contributed by atoms with Crippen LogP contribution in [0.4, 0.5) is 5.95 Å². The van der Waals surface area contributed by atoms with Gasteiger partial charge in [0.15, 0.2) is 0 Å². The summed E-state index contributed by atoms with van der Waals surface area (Å²) in [4.78, 5) is 10.8. The fraction of sp³-hybridized carbons (Fsp3) is 0.333. The Morgan fingerprint density at radius 3 is 2.50 bits per heavy atom. The first-order valence-electron chi connectivity index (χ1n) is 6.61. The predicted octanol–water partition coefficient (Wildman–Crippen LogP) is 2.83. The van der Waals surface area contributed by atoms with Gasteiger partial charge in [-0.3, -0.25) is 0 Å². The van der Waals surface area contributed by atoms with Gasteiger partial charge < -0.3 is 10.6 Å². The molecule has 106 valence electrons. The number of hydrogen-bond acceptors (Lipinski definition) is 4. The molecule has 4 nitrogen and oxygen atoms in total. The minimum Gasteiger partial charge on any atom is -0.337 e. The van der Waals surface area contributed by atoms with Crippen molar-refractivity contribution in [1.82, 2.24) is 9.97 Å². The van der Waals surface area contributed by atoms with Gasteiger partial charge in [0.1, 0.15) is 0 Å². The molecule has 0 aliphatic heterocycles. The third kappa shape index (κ3) is 3.26. The molecule has 0 aliphatic rings. The highest BCUT2D eigenvalue weighted by molar-refractivity contribution is 6.31. The van der Waals surface area contributed by atoms with E-state index in [-0.39, 0.29) is 6.04 Å². The molecule has 0 amide bonds. The second-order valence-electron chi connectivity index (χ2n) is 4.74. The number of nitrogens with zero attached hydrogens (tertiary/aromatic N) is 3. The van der Waals surface area contributed by atoms with Crippen LogP contribution >= 0.6 is 11.6 Å². The van der Waals surface area contributed by atoms with Gasteiger partial charge in [-0.1, -0.05) is 29.8 Å². The lowest BCUT2D eigenvalue weighted by molar-refractivity contribution is 0.713. The van der Waals surface area contributed by atoms with E-state index in [9.17, 15) is 0 Å². The maximum absolute atomic E-state index is 6.24. The van der Waals surface area contributed by atoms with Crippen LogP contribution in [0.15, 0.2) is 36.7 Å². The van der Waals surface area contributed by atoms with Crippen LogP contribution in [0.2, 0.25) is 5.02 Å². The zero-order chi connectivity index (χ0) is 14.5. The Bertz CT molecular complexity index is 556. The van der Waals surface area contributed by atoms with Gasteiger partial charge in [-0.15, -0.1) is 0 Å². The summed E-state index contributed by atoms with van der Waals surface area (Å²) in [5.74, 6) is 0.679. The standard InChI is InChI=1S/C15H19ClN4/c1-11(13-5-3-4-6-14(13)16)20(2)15-18-9-12(7-8-17)10-19-15/h3-6,9-11H,7-8,17H2,1-2H3. The maximum Gasteiger partial charge on any atom is 0.225 e. The van der Waals surface area contributed by atoms with Gasteiger partial charge in [-0.05, 0) is 37.1 Å². The quantitative estimate of drug-likeness (QED) is 0.920. The average molecular weight is 291 g/mol. The van der Waals surface area contributed by atoms with E-state index in [1.165, 1.54) is 0 Å². The third-order valence-electron chi connectivity index (χ3n) is 3.38. The molecular weight excluding hydrogens is 272 g/mol. The van der Waals surface area contributed by atoms with Crippen molar-refractivity contribution in [1.29, 1.82) is 0 Å². The molecule has 1 heterocycles. The largest absolute Gasteiger partial charge is 0.337 e. The fourth-order valence-corrected chi connectivity index (χ4v) is 2.32. The van der Waals surface area contributed by atoms with Crippen LogP contribution in [0.3, 0.4) is 0 Å². The Morgan fingerprint density at radius 2 is 1.90 bits per heavy atom. The van der Waals surface area contributed by atoms with Crippen LogP contribution in [0.25, 0.3) is 0 Å². The smallest absolute Gasteiger partial charge is 0.225 e. The molecule has 1 aromatic carbocycles. The number of halogens is 1. The molecule has 0 fully saturated rings. The predicted molar refractivity (Wildman–Crippen MR) is 83.1 cm³/mol. The van der Waals surface area contributed by atoms with Crippen LogP contribution in [0, 0.1) is 0 Å². The molecule has 5 heteroatoms. The van der Waals surface area contributed by atoms with Gasteiger partial charge in [0.2, 0.25) is 5.95 Å². The summed E-state index contributed by atoms with van der Waals surface area (Å²) in [7, 11) is 1.96. The Hall–Kier alpha value is -1.65. The summed E-state index contributed by atoms with van der Waals surface area (Å²) in [5, 5.41) is 0.756. The summed E-state index contributed by atoms with van der Waals surface area (Å²) in [5.41, 5.74) is 7.63. The van der Waals surface area contributed by atoms with Crippen molar-refractivity contribution in [2.24, 2.45) is 5.73 Å². The van der Waals surface area contributed by atoms with Crippen LogP contribution in [0.5, 0.6) is 0 Å². The summed E-state index contributed by atoms with van der Waals surface area (Å²) in [6.45, 7) is 2.69. The van der Waals surface area contributed by atoms with Gasteiger partial charge in [0.05, 0.1) is 6.04 Å². The normalized spacial score (nSPS) is 12.2. The molecule has 2 rings (SSSR count). The van der Waals surface area contributed by atoms with Crippen molar-refractivity contribution >= 4 is 17.5 Å². The first kappa shape index (κ1) is 14.8. The lowest BCUT2D eigenvalue weighted by atomic mass is 10.1. The third-order valence-corrected chi connectivity index (χ3v) is 3.72. The van der Waals surface area contributed by atoms with Crippen LogP contribution < -0.4 is 10.6 Å². The first-order chi connectivity index (χ1) is 9.63. The summed E-state index contributed by atoms with van der Waals surface area (Å²) in [6.07, 6.45) is 4.44. The number of nitrogens with two attached hydrogens (primary N) is 1. The van der Waals surface area contributed by atoms with E-state index in [0.29, 0.717) is 12.5 Å². The van der Waals surface area contributed by atoms with E-state index in [0.717, 1.165) is 22.6 Å². The second kappa shape index (κ2) is 6.68. The molecule has 0 saturated heterocycles. The Labute approximate surface area is 124 Å². The van der Waals surface area contributed by atoms with Crippen LogP contribution in [0.1, 0.15) is 24.1 Å². The van der Waals surface area contributed by atoms with Gasteiger partial charge >= 0.3 is 0 Å². The van der Waals surface area contributed by atoms with Gasteiger partial charge in [0, 0.05) is 24.5 Å². The Balaban J connectivity index is 2.18. The minimum atomic E-state index is 0.101. The molecular formula is C15H19ClN4. The zero-order valence-corrected chi connectivity index (χ0v) is 12.5. The van der Waals surface area contributed by atoms with Crippen LogP contribution in [-0.4, -0.2) is 23.6 Å². The number of benzene rings is 1. The fourth-order valence-electron chi connectivity index (χ4n) is 2.02. The molecule has 1 unspecified atom stereocenters. The summed E-state index contributed by atoms with van der Waals surface area (Å²) >= 11 is 6.24. The minimum absolute atomic E-state index is 0.101. The molecule has 0 bridgehead atoms. The molecule has 2 N–H and O–H groups in total. The van der Waals surface area contributed by atoms with Crippen molar-refractivity contribution in [2.75, 3.05) is 18.5 Å². The second-order valence-corrected chi connectivity index (χ2v) is 5.15. The van der Waals surface area contributed by atoms with Crippen molar-refractivity contribution in [3.05, 3.63) is 52.8 Å². The number of rotatable bonds is 5. The van der Waals surface area contributed by atoms with Gasteiger partial charge in [-0.25, -0.2) is 9.97 Å². The topological polar surface area (TPSA) is 55.0 Å². The first-order valence-corrected chi connectivity index (χ1v) is 6.99. The van der Waals surface area contributed by atoms with Crippen molar-refractivity contribution in [3.63, 3.8) is 0 Å². The number of anilines is 1. The van der Waals surface area contributed by atoms with E-state index in [1.54, 1.807) is 0 Å². The highest BCUT2D eigenvalue weighted by atomic mass is 35.5. The highest BCUT2D eigenvalue weighted by Gasteiger charge is 2.16. The van der Waals surface area contributed by atoms with Crippen LogP contribution in [-0.2, 0) is 6.42 Å². The summed E-state index contributed by atoms with van der Waals surface area (Å²) < 4.78 is 0. The molecule has 0 saturated carbocycles. The highest BCUT2D eigenvalue weighted by Crippen LogP contribution is 2.27. The van der Waals surface area contributed by atoms with E-state index < -0.39 is 0 Å². The lowest BCUT2D eigenvalue weighted by Crippen LogP contribution is -2.24. The lowest BCUT2D eigenvalue weighted by Gasteiger charge is -2.26. The Morgan fingerprint density at radius 1 is 1.25 bits per heavy atom. The summed E-state index contributed by atoms with van der Waals surface area (Å²) in [6, 6.07) is 7.93. The van der Waals surface area contributed by atoms with Gasteiger partial charge in [-0.2, -0.15) is 0 Å². The van der Waals surface area contributed by atoms with Crippen molar-refractivity contribution in [3.8, 4) is 0 Å². The monoisotopic (exact) mass is 290 g/mol. The Kier molecular flexibility index (Phi) is 4.93. The molecule has 2 aromatic rings. The van der Waals surface area contributed by atoms with Crippen molar-refractivity contribution in [2.45, 2.75) is 19.4 Å². The van der Waals surface area contributed by atoms with E-state index in [1.807, 2.05) is 48.6 Å². The average Bonchev–Trinajstić information content (AvgIpc) is 2.47. The SMILES string of the molecule is CC(c1ccccc1Cl)N(C)c1ncc(CCN)cn1.